The van der Waals surface area contributed by atoms with Crippen LogP contribution in [0, 0.1) is 0 Å². The number of hydrogen-bond acceptors (Lipinski definition) is 2. The third-order valence-electron chi connectivity index (χ3n) is 1.96. The molecule has 0 radical (unpaired) electrons. The Morgan fingerprint density at radius 2 is 2.31 bits per heavy atom. The summed E-state index contributed by atoms with van der Waals surface area (Å²) in [6.45, 7) is 1.92. The molecule has 3 nitrogen and oxygen atoms in total. The predicted octanol–water partition coefficient (Wildman–Crippen LogP) is 2.01. The van der Waals surface area contributed by atoms with Crippen LogP contribution in [0.3, 0.4) is 0 Å². The van der Waals surface area contributed by atoms with Crippen LogP contribution in [0.1, 0.15) is 18.7 Å². The molecular formula is C9H10ClN3. The molecular weight excluding hydrogens is 186 g/mol. The van der Waals surface area contributed by atoms with Gasteiger partial charge in [0.2, 0.25) is 0 Å². The van der Waals surface area contributed by atoms with Crippen molar-refractivity contribution in [3.63, 3.8) is 0 Å². The van der Waals surface area contributed by atoms with Gasteiger partial charge in [-0.15, -0.1) is 0 Å². The van der Waals surface area contributed by atoms with Gasteiger partial charge in [-0.2, -0.15) is 0 Å². The molecule has 0 aliphatic heterocycles. The fourth-order valence-electron chi connectivity index (χ4n) is 1.31. The zero-order valence-electron chi connectivity index (χ0n) is 7.24. The molecule has 0 saturated heterocycles. The molecule has 2 aromatic rings. The molecule has 0 fully saturated rings. The Hall–Kier alpha value is -1.06. The summed E-state index contributed by atoms with van der Waals surface area (Å²) in [5, 5.41) is 0.687. The summed E-state index contributed by atoms with van der Waals surface area (Å²) in [6, 6.07) is 3.65. The second-order valence-corrected chi connectivity index (χ2v) is 3.48. The Labute approximate surface area is 81.1 Å². The van der Waals surface area contributed by atoms with E-state index in [9.17, 15) is 0 Å². The SMILES string of the molecule is CC(N)c1cnc2ccc(Cl)cn12. The number of fused-ring (bicyclic) bond motifs is 1. The highest BCUT2D eigenvalue weighted by molar-refractivity contribution is 6.30. The minimum atomic E-state index is -0.0338. The smallest absolute Gasteiger partial charge is 0.137 e. The van der Waals surface area contributed by atoms with Crippen LogP contribution in [0.15, 0.2) is 24.5 Å². The summed E-state index contributed by atoms with van der Waals surface area (Å²) in [4.78, 5) is 4.21. The van der Waals surface area contributed by atoms with E-state index in [-0.39, 0.29) is 6.04 Å². The van der Waals surface area contributed by atoms with Gasteiger partial charge < -0.3 is 10.1 Å². The normalized spacial score (nSPS) is 13.5. The van der Waals surface area contributed by atoms with Gasteiger partial charge in [0, 0.05) is 12.2 Å². The van der Waals surface area contributed by atoms with Crippen molar-refractivity contribution in [2.24, 2.45) is 5.73 Å². The van der Waals surface area contributed by atoms with Gasteiger partial charge in [-0.25, -0.2) is 4.98 Å². The number of nitrogens with zero attached hydrogens (tertiary/aromatic N) is 2. The summed E-state index contributed by atoms with van der Waals surface area (Å²) in [7, 11) is 0. The van der Waals surface area contributed by atoms with Crippen molar-refractivity contribution in [3.05, 3.63) is 35.2 Å². The first-order chi connectivity index (χ1) is 6.18. The van der Waals surface area contributed by atoms with Crippen molar-refractivity contribution in [2.45, 2.75) is 13.0 Å². The van der Waals surface area contributed by atoms with Gasteiger partial charge >= 0.3 is 0 Å². The Morgan fingerprint density at radius 3 is 3.00 bits per heavy atom. The molecule has 0 aliphatic carbocycles. The maximum absolute atomic E-state index is 5.86. The maximum Gasteiger partial charge on any atom is 0.137 e. The second-order valence-electron chi connectivity index (χ2n) is 3.05. The van der Waals surface area contributed by atoms with Crippen molar-refractivity contribution >= 4 is 17.2 Å². The van der Waals surface area contributed by atoms with Crippen molar-refractivity contribution in [1.29, 1.82) is 0 Å². The Bertz CT molecular complexity index is 433. The summed E-state index contributed by atoms with van der Waals surface area (Å²) in [5.41, 5.74) is 7.61. The van der Waals surface area contributed by atoms with Crippen LogP contribution < -0.4 is 5.73 Å². The fourth-order valence-corrected chi connectivity index (χ4v) is 1.47. The zero-order valence-corrected chi connectivity index (χ0v) is 7.99. The molecule has 13 heavy (non-hydrogen) atoms. The third-order valence-corrected chi connectivity index (χ3v) is 2.19. The quantitative estimate of drug-likeness (QED) is 0.757. The number of aromatic nitrogens is 2. The Balaban J connectivity index is 2.71. The number of rotatable bonds is 1. The first kappa shape index (κ1) is 8.53. The van der Waals surface area contributed by atoms with Crippen LogP contribution in [0.5, 0.6) is 0 Å². The number of nitrogens with two attached hydrogens (primary N) is 1. The summed E-state index contributed by atoms with van der Waals surface area (Å²) in [5.74, 6) is 0. The highest BCUT2D eigenvalue weighted by Crippen LogP contribution is 2.16. The van der Waals surface area contributed by atoms with Crippen molar-refractivity contribution in [1.82, 2.24) is 9.38 Å². The highest BCUT2D eigenvalue weighted by Gasteiger charge is 2.06. The maximum atomic E-state index is 5.86. The van der Waals surface area contributed by atoms with E-state index in [4.69, 9.17) is 17.3 Å². The summed E-state index contributed by atoms with van der Waals surface area (Å²) in [6.07, 6.45) is 3.60. The average molecular weight is 196 g/mol. The lowest BCUT2D eigenvalue weighted by Gasteiger charge is -2.04. The molecule has 1 atom stereocenters. The number of halogens is 1. The van der Waals surface area contributed by atoms with Crippen LogP contribution in [-0.4, -0.2) is 9.38 Å². The lowest BCUT2D eigenvalue weighted by molar-refractivity contribution is 0.769. The van der Waals surface area contributed by atoms with Gasteiger partial charge in [0.1, 0.15) is 5.65 Å². The van der Waals surface area contributed by atoms with E-state index in [1.165, 1.54) is 0 Å². The standard InChI is InChI=1S/C9H10ClN3/c1-6(11)8-4-12-9-3-2-7(10)5-13(8)9/h2-6H,11H2,1H3. The molecule has 68 valence electrons. The second kappa shape index (κ2) is 3.01. The van der Waals surface area contributed by atoms with E-state index in [0.29, 0.717) is 5.02 Å². The zero-order chi connectivity index (χ0) is 9.42. The number of imidazole rings is 1. The summed E-state index contributed by atoms with van der Waals surface area (Å²) >= 11 is 5.86. The Kier molecular flexibility index (Phi) is 1.98. The average Bonchev–Trinajstić information content (AvgIpc) is 2.46. The summed E-state index contributed by atoms with van der Waals surface area (Å²) < 4.78 is 1.91. The van der Waals surface area contributed by atoms with Gasteiger partial charge in [0.25, 0.3) is 0 Å². The van der Waals surface area contributed by atoms with Gasteiger partial charge in [-0.3, -0.25) is 0 Å². The Morgan fingerprint density at radius 1 is 1.54 bits per heavy atom. The first-order valence-electron chi connectivity index (χ1n) is 4.06. The number of pyridine rings is 1. The molecule has 2 aromatic heterocycles. The molecule has 0 amide bonds. The van der Waals surface area contributed by atoms with Crippen molar-refractivity contribution in [3.8, 4) is 0 Å². The molecule has 0 saturated carbocycles. The fraction of sp³-hybridized carbons (Fsp3) is 0.222. The van der Waals surface area contributed by atoms with Gasteiger partial charge in [-0.1, -0.05) is 11.6 Å². The minimum Gasteiger partial charge on any atom is -0.323 e. The van der Waals surface area contributed by atoms with Gasteiger partial charge in [-0.05, 0) is 19.1 Å². The highest BCUT2D eigenvalue weighted by atomic mass is 35.5. The molecule has 2 N–H and O–H groups in total. The predicted molar refractivity (Wildman–Crippen MR) is 52.8 cm³/mol. The van der Waals surface area contributed by atoms with E-state index >= 15 is 0 Å². The van der Waals surface area contributed by atoms with Crippen LogP contribution in [0.4, 0.5) is 0 Å². The van der Waals surface area contributed by atoms with Crippen molar-refractivity contribution in [2.75, 3.05) is 0 Å². The minimum absolute atomic E-state index is 0.0338. The van der Waals surface area contributed by atoms with Crippen molar-refractivity contribution < 1.29 is 0 Å². The number of hydrogen-bond donors (Lipinski definition) is 1. The van der Waals surface area contributed by atoms with Crippen LogP contribution >= 0.6 is 11.6 Å². The molecule has 1 unspecified atom stereocenters. The monoisotopic (exact) mass is 195 g/mol. The van der Waals surface area contributed by atoms with E-state index in [2.05, 4.69) is 4.98 Å². The topological polar surface area (TPSA) is 43.3 Å². The molecule has 0 aromatic carbocycles. The molecule has 0 spiro atoms. The largest absolute Gasteiger partial charge is 0.323 e. The van der Waals surface area contributed by atoms with Crippen LogP contribution in [0.2, 0.25) is 5.02 Å². The molecule has 0 aliphatic rings. The van der Waals surface area contributed by atoms with Gasteiger partial charge in [0.05, 0.1) is 16.9 Å². The van der Waals surface area contributed by atoms with E-state index in [0.717, 1.165) is 11.3 Å². The van der Waals surface area contributed by atoms with Crippen LogP contribution in [0.25, 0.3) is 5.65 Å². The first-order valence-corrected chi connectivity index (χ1v) is 4.44. The lowest BCUT2D eigenvalue weighted by atomic mass is 10.3. The lowest BCUT2D eigenvalue weighted by Crippen LogP contribution is -2.07. The molecule has 2 heterocycles. The third kappa shape index (κ3) is 1.41. The molecule has 0 bridgehead atoms. The van der Waals surface area contributed by atoms with Gasteiger partial charge in [0.15, 0.2) is 0 Å². The van der Waals surface area contributed by atoms with Crippen LogP contribution in [-0.2, 0) is 0 Å². The van der Waals surface area contributed by atoms with E-state index in [1.807, 2.05) is 29.7 Å². The molecule has 4 heteroatoms. The molecule has 2 rings (SSSR count). The van der Waals surface area contributed by atoms with E-state index in [1.54, 1.807) is 6.20 Å². The van der Waals surface area contributed by atoms with E-state index < -0.39 is 0 Å².